The molecule has 0 radical (unpaired) electrons. The van der Waals surface area contributed by atoms with Gasteiger partial charge in [-0.25, -0.2) is 0 Å². The van der Waals surface area contributed by atoms with E-state index in [0.29, 0.717) is 0 Å². The van der Waals surface area contributed by atoms with E-state index in [9.17, 15) is 4.79 Å². The summed E-state index contributed by atoms with van der Waals surface area (Å²) in [5.41, 5.74) is 3.54. The maximum Gasteiger partial charge on any atom is 0.246 e. The van der Waals surface area contributed by atoms with E-state index in [1.54, 1.807) is 6.08 Å². The molecule has 4 rings (SSSR count). The zero-order valence-corrected chi connectivity index (χ0v) is 14.8. The fourth-order valence-corrected chi connectivity index (χ4v) is 3.46. The topological polar surface area (TPSA) is 45.7 Å². The van der Waals surface area contributed by atoms with Gasteiger partial charge in [0.15, 0.2) is 0 Å². The summed E-state index contributed by atoms with van der Waals surface area (Å²) in [5, 5.41) is 0. The first kappa shape index (κ1) is 16.8. The Morgan fingerprint density at radius 2 is 1.92 bits per heavy atom. The van der Waals surface area contributed by atoms with Crippen molar-refractivity contribution in [1.29, 1.82) is 0 Å². The van der Waals surface area contributed by atoms with E-state index in [1.165, 1.54) is 11.1 Å². The van der Waals surface area contributed by atoms with Crippen molar-refractivity contribution in [3.8, 4) is 5.75 Å². The number of hydrogen-bond acceptors (Lipinski definition) is 4. The number of fused-ring (bicyclic) bond motifs is 1. The summed E-state index contributed by atoms with van der Waals surface area (Å²) < 4.78 is 5.52. The summed E-state index contributed by atoms with van der Waals surface area (Å²) in [6.45, 7) is 5.01. The number of rotatable bonds is 4. The molecule has 2 aliphatic rings. The normalized spacial score (nSPS) is 17.3. The van der Waals surface area contributed by atoms with Gasteiger partial charge in [-0.05, 0) is 47.0 Å². The van der Waals surface area contributed by atoms with Crippen molar-refractivity contribution in [2.45, 2.75) is 13.0 Å². The Labute approximate surface area is 153 Å². The maximum absolute atomic E-state index is 12.5. The molecule has 26 heavy (non-hydrogen) atoms. The van der Waals surface area contributed by atoms with Gasteiger partial charge in [-0.3, -0.25) is 14.7 Å². The summed E-state index contributed by atoms with van der Waals surface area (Å²) in [6, 6.07) is 10.2. The molecule has 0 spiro atoms. The van der Waals surface area contributed by atoms with Crippen LogP contribution in [0.5, 0.6) is 5.75 Å². The molecule has 1 saturated heterocycles. The summed E-state index contributed by atoms with van der Waals surface area (Å²) in [6.07, 6.45) is 8.20. The summed E-state index contributed by atoms with van der Waals surface area (Å²) in [7, 11) is 0. The number of amides is 1. The third-order valence-corrected chi connectivity index (χ3v) is 4.97. The minimum Gasteiger partial charge on any atom is -0.493 e. The lowest BCUT2D eigenvalue weighted by atomic mass is 10.1. The number of piperazine rings is 1. The molecule has 3 heterocycles. The van der Waals surface area contributed by atoms with Crippen LogP contribution in [0.25, 0.3) is 6.08 Å². The van der Waals surface area contributed by atoms with E-state index in [4.69, 9.17) is 4.74 Å². The number of ether oxygens (including phenoxy) is 1. The zero-order chi connectivity index (χ0) is 17.8. The number of pyridine rings is 1. The molecule has 2 aliphatic heterocycles. The first-order valence-corrected chi connectivity index (χ1v) is 9.12. The predicted octanol–water partition coefficient (Wildman–Crippen LogP) is 2.37. The second kappa shape index (κ2) is 7.70. The van der Waals surface area contributed by atoms with Crippen LogP contribution < -0.4 is 4.74 Å². The number of hydrogen-bond donors (Lipinski definition) is 0. The Kier molecular flexibility index (Phi) is 4.97. The van der Waals surface area contributed by atoms with Crippen molar-refractivity contribution < 1.29 is 9.53 Å². The van der Waals surface area contributed by atoms with Gasteiger partial charge in [-0.1, -0.05) is 6.07 Å². The number of carbonyl (C=O) groups excluding carboxylic acids is 1. The molecule has 1 aromatic heterocycles. The van der Waals surface area contributed by atoms with Crippen molar-refractivity contribution in [3.05, 3.63) is 65.5 Å². The van der Waals surface area contributed by atoms with E-state index in [1.807, 2.05) is 47.6 Å². The first-order chi connectivity index (χ1) is 12.8. The monoisotopic (exact) mass is 349 g/mol. The van der Waals surface area contributed by atoms with Crippen LogP contribution in [0.1, 0.15) is 16.7 Å². The molecule has 0 unspecified atom stereocenters. The molecule has 134 valence electrons. The Hall–Kier alpha value is -2.66. The third-order valence-electron chi connectivity index (χ3n) is 4.97. The van der Waals surface area contributed by atoms with E-state index in [-0.39, 0.29) is 5.91 Å². The molecule has 1 aromatic carbocycles. The van der Waals surface area contributed by atoms with Gasteiger partial charge < -0.3 is 9.64 Å². The van der Waals surface area contributed by atoms with Crippen LogP contribution >= 0.6 is 0 Å². The third kappa shape index (κ3) is 3.94. The van der Waals surface area contributed by atoms with Crippen molar-refractivity contribution in [2.75, 3.05) is 32.8 Å². The number of aromatic nitrogens is 1. The van der Waals surface area contributed by atoms with Gasteiger partial charge in [-0.15, -0.1) is 0 Å². The molecule has 0 saturated carbocycles. The number of benzene rings is 1. The minimum absolute atomic E-state index is 0.0882. The molecular formula is C21H23N3O2. The highest BCUT2D eigenvalue weighted by atomic mass is 16.5. The van der Waals surface area contributed by atoms with Gasteiger partial charge in [0.1, 0.15) is 5.75 Å². The van der Waals surface area contributed by atoms with Gasteiger partial charge in [-0.2, -0.15) is 0 Å². The standard InChI is InChI=1S/C21H23N3O2/c25-21(4-2-17-1-3-20-19(15-17)7-14-26-20)24-12-10-23(11-13-24)16-18-5-8-22-9-6-18/h1-6,8-9,15H,7,10-14,16H2/b4-2+. The number of nitrogens with zero attached hydrogens (tertiary/aromatic N) is 3. The van der Waals surface area contributed by atoms with Crippen molar-refractivity contribution in [3.63, 3.8) is 0 Å². The van der Waals surface area contributed by atoms with Crippen LogP contribution in [0.3, 0.4) is 0 Å². The van der Waals surface area contributed by atoms with Crippen molar-refractivity contribution in [2.24, 2.45) is 0 Å². The fraction of sp³-hybridized carbons (Fsp3) is 0.333. The molecule has 0 bridgehead atoms. The average molecular weight is 349 g/mol. The molecule has 0 aliphatic carbocycles. The molecule has 2 aromatic rings. The van der Waals surface area contributed by atoms with E-state index >= 15 is 0 Å². The molecular weight excluding hydrogens is 326 g/mol. The zero-order valence-electron chi connectivity index (χ0n) is 14.8. The van der Waals surface area contributed by atoms with Gasteiger partial charge in [0.05, 0.1) is 6.61 Å². The molecule has 5 heteroatoms. The van der Waals surface area contributed by atoms with E-state index < -0.39 is 0 Å². The van der Waals surface area contributed by atoms with Gasteiger partial charge in [0.2, 0.25) is 5.91 Å². The fourth-order valence-electron chi connectivity index (χ4n) is 3.46. The Bertz CT molecular complexity index is 796. The van der Waals surface area contributed by atoms with Gasteiger partial charge in [0, 0.05) is 57.6 Å². The first-order valence-electron chi connectivity index (χ1n) is 9.12. The molecule has 0 atom stereocenters. The smallest absolute Gasteiger partial charge is 0.246 e. The minimum atomic E-state index is 0.0882. The van der Waals surface area contributed by atoms with Crippen molar-refractivity contribution in [1.82, 2.24) is 14.8 Å². The van der Waals surface area contributed by atoms with Crippen LogP contribution in [0.2, 0.25) is 0 Å². The second-order valence-corrected chi connectivity index (χ2v) is 6.76. The molecule has 0 N–H and O–H groups in total. The quantitative estimate of drug-likeness (QED) is 0.795. The number of carbonyl (C=O) groups is 1. The lowest BCUT2D eigenvalue weighted by Gasteiger charge is -2.34. The summed E-state index contributed by atoms with van der Waals surface area (Å²) >= 11 is 0. The lowest BCUT2D eigenvalue weighted by molar-refractivity contribution is -0.127. The van der Waals surface area contributed by atoms with Gasteiger partial charge >= 0.3 is 0 Å². The predicted molar refractivity (Wildman–Crippen MR) is 101 cm³/mol. The van der Waals surface area contributed by atoms with E-state index in [2.05, 4.69) is 16.0 Å². The Balaban J connectivity index is 1.29. The molecule has 1 amide bonds. The van der Waals surface area contributed by atoms with Crippen LogP contribution in [-0.4, -0.2) is 53.5 Å². The Morgan fingerprint density at radius 3 is 2.73 bits per heavy atom. The Morgan fingerprint density at radius 1 is 1.12 bits per heavy atom. The average Bonchev–Trinajstić information content (AvgIpc) is 3.15. The SMILES string of the molecule is O=C(/C=C/c1ccc2c(c1)CCO2)N1CCN(Cc2ccncc2)CC1. The summed E-state index contributed by atoms with van der Waals surface area (Å²) in [4.78, 5) is 20.8. The highest BCUT2D eigenvalue weighted by Gasteiger charge is 2.19. The molecule has 5 nitrogen and oxygen atoms in total. The molecule has 1 fully saturated rings. The second-order valence-electron chi connectivity index (χ2n) is 6.76. The lowest BCUT2D eigenvalue weighted by Crippen LogP contribution is -2.47. The van der Waals surface area contributed by atoms with Crippen LogP contribution in [0.15, 0.2) is 48.8 Å². The van der Waals surface area contributed by atoms with Crippen LogP contribution in [-0.2, 0) is 17.8 Å². The van der Waals surface area contributed by atoms with Crippen LogP contribution in [0, 0.1) is 0 Å². The van der Waals surface area contributed by atoms with Crippen molar-refractivity contribution >= 4 is 12.0 Å². The van der Waals surface area contributed by atoms with Gasteiger partial charge in [0.25, 0.3) is 0 Å². The highest BCUT2D eigenvalue weighted by Crippen LogP contribution is 2.26. The largest absolute Gasteiger partial charge is 0.493 e. The van der Waals surface area contributed by atoms with Crippen LogP contribution in [0.4, 0.5) is 0 Å². The summed E-state index contributed by atoms with van der Waals surface area (Å²) in [5.74, 6) is 1.06. The highest BCUT2D eigenvalue weighted by molar-refractivity contribution is 5.91. The van der Waals surface area contributed by atoms with E-state index in [0.717, 1.165) is 57.1 Å². The maximum atomic E-state index is 12.5.